The van der Waals surface area contributed by atoms with Gasteiger partial charge in [-0.2, -0.15) is 0 Å². The lowest BCUT2D eigenvalue weighted by atomic mass is 10.1. The molecule has 5 heteroatoms. The molecule has 0 spiro atoms. The Bertz CT molecular complexity index is 557. The first-order chi connectivity index (χ1) is 10.1. The molecule has 1 rings (SSSR count). The molecule has 0 saturated carbocycles. The van der Waals surface area contributed by atoms with Gasteiger partial charge >= 0.3 is 5.69 Å². The van der Waals surface area contributed by atoms with Crippen LogP contribution in [0.1, 0.15) is 75.6 Å². The highest BCUT2D eigenvalue weighted by Crippen LogP contribution is 2.08. The van der Waals surface area contributed by atoms with Crippen molar-refractivity contribution in [2.24, 2.45) is 0 Å². The van der Waals surface area contributed by atoms with Gasteiger partial charge in [0, 0.05) is 12.7 Å². The van der Waals surface area contributed by atoms with E-state index in [4.69, 9.17) is 0 Å². The molecule has 1 heterocycles. The van der Waals surface area contributed by atoms with Crippen LogP contribution in [-0.2, 0) is 6.54 Å². The molecule has 0 unspecified atom stereocenters. The first-order valence-corrected chi connectivity index (χ1v) is 7.91. The fraction of sp³-hybridized carbons (Fsp3) is 0.688. The van der Waals surface area contributed by atoms with Gasteiger partial charge in [-0.15, -0.1) is 0 Å². The predicted octanol–water partition coefficient (Wildman–Crippen LogP) is 2.88. The number of nitrogens with one attached hydrogen (secondary N) is 1. The first-order valence-electron chi connectivity index (χ1n) is 7.91. The Labute approximate surface area is 125 Å². The van der Waals surface area contributed by atoms with E-state index in [2.05, 4.69) is 11.9 Å². The first kappa shape index (κ1) is 17.4. The molecule has 0 bridgehead atoms. The quantitative estimate of drug-likeness (QED) is 0.532. The summed E-state index contributed by atoms with van der Waals surface area (Å²) in [5, 5.41) is 0. The van der Waals surface area contributed by atoms with E-state index in [9.17, 15) is 14.4 Å². The standard InChI is InChI=1S/C16H26N2O3/c1-3-4-5-6-7-8-9-10-11-18-15(20)14(13(2)19)12-17-16(18)21/h12H,3-11H2,1-2H3,(H,17,21). The molecule has 0 aliphatic rings. The lowest BCUT2D eigenvalue weighted by Crippen LogP contribution is -2.37. The van der Waals surface area contributed by atoms with Crippen molar-refractivity contribution in [1.29, 1.82) is 0 Å². The second-order valence-corrected chi connectivity index (χ2v) is 5.50. The van der Waals surface area contributed by atoms with Crippen LogP contribution >= 0.6 is 0 Å². The Morgan fingerprint density at radius 2 is 1.62 bits per heavy atom. The largest absolute Gasteiger partial charge is 0.328 e. The van der Waals surface area contributed by atoms with Crippen molar-refractivity contribution in [3.05, 3.63) is 32.6 Å². The van der Waals surface area contributed by atoms with Gasteiger partial charge < -0.3 is 4.98 Å². The molecule has 0 radical (unpaired) electrons. The van der Waals surface area contributed by atoms with Crippen molar-refractivity contribution in [3.8, 4) is 0 Å². The van der Waals surface area contributed by atoms with Crippen molar-refractivity contribution in [1.82, 2.24) is 9.55 Å². The summed E-state index contributed by atoms with van der Waals surface area (Å²) < 4.78 is 1.13. The Balaban J connectivity index is 2.42. The predicted molar refractivity (Wildman–Crippen MR) is 83.9 cm³/mol. The topological polar surface area (TPSA) is 71.9 Å². The summed E-state index contributed by atoms with van der Waals surface area (Å²) in [7, 11) is 0. The molecule has 21 heavy (non-hydrogen) atoms. The zero-order valence-electron chi connectivity index (χ0n) is 13.1. The van der Waals surface area contributed by atoms with Gasteiger partial charge in [-0.25, -0.2) is 4.79 Å². The lowest BCUT2D eigenvalue weighted by molar-refractivity contribution is 0.101. The van der Waals surface area contributed by atoms with E-state index in [0.29, 0.717) is 6.54 Å². The van der Waals surface area contributed by atoms with Crippen LogP contribution in [0.2, 0.25) is 0 Å². The normalized spacial score (nSPS) is 10.8. The molecule has 1 N–H and O–H groups in total. The van der Waals surface area contributed by atoms with Crippen LogP contribution in [-0.4, -0.2) is 15.3 Å². The molecule has 0 aliphatic heterocycles. The third-order valence-corrected chi connectivity index (χ3v) is 3.68. The number of aromatic amines is 1. The SMILES string of the molecule is CCCCCCCCCCn1c(=O)[nH]cc(C(C)=O)c1=O. The van der Waals surface area contributed by atoms with Crippen LogP contribution in [0.25, 0.3) is 0 Å². The number of rotatable bonds is 10. The van der Waals surface area contributed by atoms with E-state index in [1.54, 1.807) is 0 Å². The number of carbonyl (C=O) groups is 1. The Morgan fingerprint density at radius 1 is 1.05 bits per heavy atom. The second-order valence-electron chi connectivity index (χ2n) is 5.50. The molecule has 0 aromatic carbocycles. The van der Waals surface area contributed by atoms with E-state index < -0.39 is 11.2 Å². The van der Waals surface area contributed by atoms with E-state index in [-0.39, 0.29) is 11.3 Å². The van der Waals surface area contributed by atoms with Gasteiger partial charge in [0.25, 0.3) is 5.56 Å². The fourth-order valence-corrected chi connectivity index (χ4v) is 2.37. The van der Waals surface area contributed by atoms with Gasteiger partial charge in [0.05, 0.1) is 5.56 Å². The number of H-pyrrole nitrogens is 1. The third-order valence-electron chi connectivity index (χ3n) is 3.68. The van der Waals surface area contributed by atoms with Crippen LogP contribution in [0.3, 0.4) is 0 Å². The zero-order valence-corrected chi connectivity index (χ0v) is 13.1. The maximum Gasteiger partial charge on any atom is 0.328 e. The summed E-state index contributed by atoms with van der Waals surface area (Å²) in [6.45, 7) is 3.91. The number of aromatic nitrogens is 2. The Hall–Kier alpha value is -1.65. The molecule has 1 aromatic heterocycles. The minimum Gasteiger partial charge on any atom is -0.313 e. The van der Waals surface area contributed by atoms with Crippen molar-refractivity contribution in [2.45, 2.75) is 71.8 Å². The second kappa shape index (κ2) is 9.32. The smallest absolute Gasteiger partial charge is 0.313 e. The van der Waals surface area contributed by atoms with Crippen LogP contribution in [0.5, 0.6) is 0 Å². The van der Waals surface area contributed by atoms with Crippen LogP contribution in [0.4, 0.5) is 0 Å². The maximum absolute atomic E-state index is 12.0. The summed E-state index contributed by atoms with van der Waals surface area (Å²) >= 11 is 0. The number of hydrogen-bond acceptors (Lipinski definition) is 3. The highest BCUT2D eigenvalue weighted by Gasteiger charge is 2.10. The molecule has 118 valence electrons. The van der Waals surface area contributed by atoms with Gasteiger partial charge in [-0.1, -0.05) is 51.9 Å². The van der Waals surface area contributed by atoms with E-state index in [0.717, 1.165) is 23.8 Å². The van der Waals surface area contributed by atoms with Crippen molar-refractivity contribution in [3.63, 3.8) is 0 Å². The monoisotopic (exact) mass is 294 g/mol. The molecule has 5 nitrogen and oxygen atoms in total. The number of ketones is 1. The van der Waals surface area contributed by atoms with Crippen LogP contribution < -0.4 is 11.2 Å². The molecule has 0 fully saturated rings. The number of unbranched alkanes of at least 4 members (excludes halogenated alkanes) is 7. The Morgan fingerprint density at radius 3 is 2.19 bits per heavy atom. The van der Waals surface area contributed by atoms with Crippen molar-refractivity contribution < 1.29 is 4.79 Å². The summed E-state index contributed by atoms with van der Waals surface area (Å²) in [6, 6.07) is 0. The summed E-state index contributed by atoms with van der Waals surface area (Å²) in [5.41, 5.74) is -0.865. The van der Waals surface area contributed by atoms with E-state index in [1.807, 2.05) is 0 Å². The molecule has 1 aromatic rings. The average molecular weight is 294 g/mol. The van der Waals surface area contributed by atoms with Crippen LogP contribution in [0, 0.1) is 0 Å². The minimum atomic E-state index is -0.478. The van der Waals surface area contributed by atoms with Gasteiger partial charge in [0.1, 0.15) is 0 Å². The van der Waals surface area contributed by atoms with Gasteiger partial charge in [0.15, 0.2) is 5.78 Å². The highest BCUT2D eigenvalue weighted by molar-refractivity contribution is 5.93. The lowest BCUT2D eigenvalue weighted by Gasteiger charge is -2.06. The molecular weight excluding hydrogens is 268 g/mol. The van der Waals surface area contributed by atoms with Crippen molar-refractivity contribution >= 4 is 5.78 Å². The fourth-order valence-electron chi connectivity index (χ4n) is 2.37. The van der Waals surface area contributed by atoms with Gasteiger partial charge in [-0.05, 0) is 13.3 Å². The van der Waals surface area contributed by atoms with E-state index >= 15 is 0 Å². The van der Waals surface area contributed by atoms with E-state index in [1.165, 1.54) is 45.2 Å². The average Bonchev–Trinajstić information content (AvgIpc) is 2.44. The summed E-state index contributed by atoms with van der Waals surface area (Å²) in [4.78, 5) is 37.4. The summed E-state index contributed by atoms with van der Waals surface area (Å²) in [5.74, 6) is -0.319. The highest BCUT2D eigenvalue weighted by atomic mass is 16.2. The zero-order chi connectivity index (χ0) is 15.7. The molecule has 0 atom stereocenters. The molecule has 0 aliphatic carbocycles. The number of Topliss-reactive ketones (excluding diaryl/α,β-unsaturated/α-hetero) is 1. The maximum atomic E-state index is 12.0. The third kappa shape index (κ3) is 5.69. The number of hydrogen-bond donors (Lipinski definition) is 1. The summed E-state index contributed by atoms with van der Waals surface area (Å²) in [6.07, 6.45) is 10.4. The van der Waals surface area contributed by atoms with Crippen molar-refractivity contribution in [2.75, 3.05) is 0 Å². The number of carbonyl (C=O) groups excluding carboxylic acids is 1. The van der Waals surface area contributed by atoms with Gasteiger partial charge in [-0.3, -0.25) is 14.2 Å². The van der Waals surface area contributed by atoms with Gasteiger partial charge in [0.2, 0.25) is 0 Å². The van der Waals surface area contributed by atoms with Crippen LogP contribution in [0.15, 0.2) is 15.8 Å². The number of nitrogens with zero attached hydrogens (tertiary/aromatic N) is 1. The molecular formula is C16H26N2O3. The minimum absolute atomic E-state index is 0.0502. The molecule has 0 saturated heterocycles. The molecule has 0 amide bonds. The Kier molecular flexibility index (Phi) is 7.72.